The van der Waals surface area contributed by atoms with E-state index in [1.165, 1.54) is 0 Å². The smallest absolute Gasteiger partial charge is 0.230 e. The Kier molecular flexibility index (Phi) is 7.35. The zero-order valence-electron chi connectivity index (χ0n) is 11.7. The van der Waals surface area contributed by atoms with E-state index in [4.69, 9.17) is 15.7 Å². The van der Waals surface area contributed by atoms with Gasteiger partial charge in [0.1, 0.15) is 0 Å². The quantitative estimate of drug-likeness (QED) is 0.261. The summed E-state index contributed by atoms with van der Waals surface area (Å²) in [6, 6.07) is 0. The Morgan fingerprint density at radius 3 is 2.61 bits per heavy atom. The van der Waals surface area contributed by atoms with Crippen LogP contribution in [0.2, 0.25) is 0 Å². The third kappa shape index (κ3) is 5.86. The van der Waals surface area contributed by atoms with Gasteiger partial charge in [0.25, 0.3) is 0 Å². The Morgan fingerprint density at radius 1 is 1.56 bits per heavy atom. The summed E-state index contributed by atoms with van der Waals surface area (Å²) >= 11 is 0. The fourth-order valence-electron chi connectivity index (χ4n) is 1.51. The number of nitrogens with one attached hydrogen (secondary N) is 1. The molecule has 0 radical (unpaired) electrons. The first-order chi connectivity index (χ1) is 8.37. The number of ether oxygens (including phenoxy) is 1. The van der Waals surface area contributed by atoms with E-state index in [0.29, 0.717) is 19.6 Å². The lowest BCUT2D eigenvalue weighted by molar-refractivity contribution is -0.123. The van der Waals surface area contributed by atoms with E-state index in [1.807, 2.05) is 6.92 Å². The second-order valence-corrected chi connectivity index (χ2v) is 5.11. The van der Waals surface area contributed by atoms with Gasteiger partial charge in [-0.1, -0.05) is 25.9 Å². The second kappa shape index (κ2) is 7.92. The Labute approximate surface area is 109 Å². The van der Waals surface area contributed by atoms with Crippen molar-refractivity contribution < 1.29 is 14.7 Å². The van der Waals surface area contributed by atoms with E-state index in [9.17, 15) is 4.79 Å². The summed E-state index contributed by atoms with van der Waals surface area (Å²) in [5.74, 6) is -0.837. The summed E-state index contributed by atoms with van der Waals surface area (Å²) in [5.41, 5.74) is 5.42. The Bertz CT molecular complexity index is 290. The van der Waals surface area contributed by atoms with Gasteiger partial charge in [-0.2, -0.15) is 0 Å². The van der Waals surface area contributed by atoms with E-state index < -0.39 is 5.92 Å². The number of oxime groups is 1. The van der Waals surface area contributed by atoms with Gasteiger partial charge in [0, 0.05) is 20.3 Å². The van der Waals surface area contributed by atoms with Crippen LogP contribution in [0.3, 0.4) is 0 Å². The number of nitrogens with zero attached hydrogens (tertiary/aromatic N) is 1. The summed E-state index contributed by atoms with van der Waals surface area (Å²) in [6.45, 7) is 7.11. The molecule has 1 amide bonds. The van der Waals surface area contributed by atoms with Crippen LogP contribution in [0.1, 0.15) is 33.6 Å². The van der Waals surface area contributed by atoms with Gasteiger partial charge in [-0.05, 0) is 18.3 Å². The van der Waals surface area contributed by atoms with Crippen LogP contribution < -0.4 is 11.1 Å². The number of rotatable bonds is 8. The van der Waals surface area contributed by atoms with Gasteiger partial charge in [-0.15, -0.1) is 0 Å². The number of methoxy groups -OCH3 is 1. The lowest BCUT2D eigenvalue weighted by Crippen LogP contribution is -2.42. The summed E-state index contributed by atoms with van der Waals surface area (Å²) < 4.78 is 5.02. The van der Waals surface area contributed by atoms with E-state index in [1.54, 1.807) is 7.11 Å². The van der Waals surface area contributed by atoms with Crippen molar-refractivity contribution in [2.45, 2.75) is 33.6 Å². The van der Waals surface area contributed by atoms with Crippen molar-refractivity contribution in [3.8, 4) is 0 Å². The first-order valence-corrected chi connectivity index (χ1v) is 6.12. The normalized spacial score (nSPS) is 14.3. The van der Waals surface area contributed by atoms with Gasteiger partial charge in [0.15, 0.2) is 5.84 Å². The molecule has 0 heterocycles. The van der Waals surface area contributed by atoms with Gasteiger partial charge >= 0.3 is 0 Å². The van der Waals surface area contributed by atoms with E-state index in [2.05, 4.69) is 24.3 Å². The molecule has 0 aliphatic heterocycles. The van der Waals surface area contributed by atoms with Gasteiger partial charge in [-0.25, -0.2) is 0 Å². The molecule has 0 bridgehead atoms. The number of nitrogens with two attached hydrogens (primary N) is 1. The molecule has 0 aromatic carbocycles. The number of hydrogen-bond donors (Lipinski definition) is 3. The van der Waals surface area contributed by atoms with Gasteiger partial charge in [-0.3, -0.25) is 4.79 Å². The summed E-state index contributed by atoms with van der Waals surface area (Å²) in [7, 11) is 1.65. The van der Waals surface area contributed by atoms with Crippen molar-refractivity contribution in [3.63, 3.8) is 0 Å². The topological polar surface area (TPSA) is 96.9 Å². The first kappa shape index (κ1) is 16.7. The monoisotopic (exact) mass is 259 g/mol. The zero-order valence-corrected chi connectivity index (χ0v) is 11.7. The average molecular weight is 259 g/mol. The van der Waals surface area contributed by atoms with Crippen molar-refractivity contribution in [3.05, 3.63) is 0 Å². The van der Waals surface area contributed by atoms with Crippen LogP contribution in [0, 0.1) is 11.3 Å². The van der Waals surface area contributed by atoms with Crippen LogP contribution in [-0.2, 0) is 9.53 Å². The maximum absolute atomic E-state index is 11.9. The fraction of sp³-hybridized carbons (Fsp3) is 0.833. The predicted molar refractivity (Wildman–Crippen MR) is 70.5 cm³/mol. The summed E-state index contributed by atoms with van der Waals surface area (Å²) in [4.78, 5) is 11.9. The average Bonchev–Trinajstić information content (AvgIpc) is 2.34. The third-order valence-electron chi connectivity index (χ3n) is 2.92. The lowest BCUT2D eigenvalue weighted by Gasteiger charge is -2.25. The highest BCUT2D eigenvalue weighted by molar-refractivity contribution is 6.01. The van der Waals surface area contributed by atoms with Crippen molar-refractivity contribution >= 4 is 11.7 Å². The number of carbonyl (C=O) groups excluding carboxylic acids is 1. The molecule has 0 saturated heterocycles. The lowest BCUT2D eigenvalue weighted by atomic mass is 9.89. The number of carbonyl (C=O) groups is 1. The molecule has 1 atom stereocenters. The number of amidine groups is 1. The van der Waals surface area contributed by atoms with Crippen LogP contribution in [0.15, 0.2) is 5.16 Å². The fourth-order valence-corrected chi connectivity index (χ4v) is 1.51. The molecule has 0 aromatic rings. The van der Waals surface area contributed by atoms with E-state index >= 15 is 0 Å². The Morgan fingerprint density at radius 2 is 2.17 bits per heavy atom. The zero-order chi connectivity index (χ0) is 14.2. The Hall–Kier alpha value is -1.30. The molecule has 1 unspecified atom stereocenters. The van der Waals surface area contributed by atoms with Crippen LogP contribution in [0.25, 0.3) is 0 Å². The number of amides is 1. The molecule has 0 fully saturated rings. The van der Waals surface area contributed by atoms with Crippen LogP contribution >= 0.6 is 0 Å². The molecular formula is C12H25N3O3. The highest BCUT2D eigenvalue weighted by Crippen LogP contribution is 2.19. The number of hydrogen-bond acceptors (Lipinski definition) is 4. The minimum atomic E-state index is -0.576. The van der Waals surface area contributed by atoms with E-state index in [-0.39, 0.29) is 17.2 Å². The highest BCUT2D eigenvalue weighted by Gasteiger charge is 2.24. The predicted octanol–water partition coefficient (Wildman–Crippen LogP) is 0.938. The van der Waals surface area contributed by atoms with Crippen molar-refractivity contribution in [2.24, 2.45) is 22.2 Å². The molecular weight excluding hydrogens is 234 g/mol. The molecule has 0 aromatic heterocycles. The van der Waals surface area contributed by atoms with Gasteiger partial charge in [0.2, 0.25) is 5.91 Å². The van der Waals surface area contributed by atoms with Crippen molar-refractivity contribution in [2.75, 3.05) is 20.3 Å². The van der Waals surface area contributed by atoms with Crippen LogP contribution in [0.4, 0.5) is 0 Å². The maximum Gasteiger partial charge on any atom is 0.230 e. The molecule has 0 saturated carbocycles. The standard InChI is InChI=1S/C12H25N3O3/c1-5-9(10(13)15-17)11(16)14-8-12(2,3)6-7-18-4/h9,17H,5-8H2,1-4H3,(H2,13,15)(H,14,16). The molecule has 0 aliphatic carbocycles. The third-order valence-corrected chi connectivity index (χ3v) is 2.92. The van der Waals surface area contributed by atoms with E-state index in [0.717, 1.165) is 6.42 Å². The molecule has 106 valence electrons. The van der Waals surface area contributed by atoms with Gasteiger partial charge in [0.05, 0.1) is 5.92 Å². The van der Waals surface area contributed by atoms with Crippen LogP contribution in [0.5, 0.6) is 0 Å². The minimum Gasteiger partial charge on any atom is -0.409 e. The van der Waals surface area contributed by atoms with Crippen LogP contribution in [-0.4, -0.2) is 37.2 Å². The molecule has 0 aliphatic rings. The van der Waals surface area contributed by atoms with Gasteiger partial charge < -0.3 is 21.0 Å². The van der Waals surface area contributed by atoms with Crippen molar-refractivity contribution in [1.82, 2.24) is 5.32 Å². The molecule has 0 rings (SSSR count). The van der Waals surface area contributed by atoms with Crippen molar-refractivity contribution in [1.29, 1.82) is 0 Å². The molecule has 6 nitrogen and oxygen atoms in total. The largest absolute Gasteiger partial charge is 0.409 e. The first-order valence-electron chi connectivity index (χ1n) is 6.12. The second-order valence-electron chi connectivity index (χ2n) is 5.11. The molecule has 18 heavy (non-hydrogen) atoms. The molecule has 6 heteroatoms. The highest BCUT2D eigenvalue weighted by atomic mass is 16.5. The molecule has 4 N–H and O–H groups in total. The summed E-state index contributed by atoms with van der Waals surface area (Å²) in [5, 5.41) is 14.3. The minimum absolute atomic E-state index is 0.0465. The molecule has 0 spiro atoms. The SMILES string of the molecule is CCC(C(=O)NCC(C)(C)CCOC)C(N)=NO. The Balaban J connectivity index is 4.31. The summed E-state index contributed by atoms with van der Waals surface area (Å²) in [6.07, 6.45) is 1.35. The maximum atomic E-state index is 11.9.